The normalized spacial score (nSPS) is 24.1. The van der Waals surface area contributed by atoms with Gasteiger partial charge in [-0.3, -0.25) is 0 Å². The number of hydrogen-bond donors (Lipinski definition) is 1. The predicted octanol–water partition coefficient (Wildman–Crippen LogP) is 0.948. The standard InChI is InChI=1S/C10H17N3O2S/c1-7(2)9-5-10(11)13(12-9)8-3-4-16(14,15)6-8/h5,7-8H,3-4,6,11H2,1-2H3. The van der Waals surface area contributed by atoms with Gasteiger partial charge in [-0.05, 0) is 12.3 Å². The molecule has 2 N–H and O–H groups in total. The van der Waals surface area contributed by atoms with Crippen LogP contribution in [0.25, 0.3) is 0 Å². The van der Waals surface area contributed by atoms with Gasteiger partial charge in [0.15, 0.2) is 9.84 Å². The third-order valence-electron chi connectivity index (χ3n) is 2.93. The average Bonchev–Trinajstić information content (AvgIpc) is 2.69. The number of nitrogens with two attached hydrogens (primary N) is 1. The number of rotatable bonds is 2. The second-order valence-electron chi connectivity index (χ2n) is 4.65. The molecule has 1 aromatic rings. The molecule has 1 aliphatic heterocycles. The molecule has 2 rings (SSSR count). The molecule has 0 bridgehead atoms. The highest BCUT2D eigenvalue weighted by Crippen LogP contribution is 2.27. The SMILES string of the molecule is CC(C)c1cc(N)n(C2CCS(=O)(=O)C2)n1. The molecule has 0 saturated carbocycles. The highest BCUT2D eigenvalue weighted by atomic mass is 32.2. The van der Waals surface area contributed by atoms with Crippen LogP contribution in [-0.2, 0) is 9.84 Å². The summed E-state index contributed by atoms with van der Waals surface area (Å²) in [5.74, 6) is 1.28. The van der Waals surface area contributed by atoms with Crippen molar-refractivity contribution in [1.82, 2.24) is 9.78 Å². The first-order valence-corrected chi connectivity index (χ1v) is 7.26. The largest absolute Gasteiger partial charge is 0.384 e. The summed E-state index contributed by atoms with van der Waals surface area (Å²) in [6.07, 6.45) is 0.617. The highest BCUT2D eigenvalue weighted by Gasteiger charge is 2.31. The van der Waals surface area contributed by atoms with E-state index in [0.29, 0.717) is 18.2 Å². The van der Waals surface area contributed by atoms with E-state index in [1.54, 1.807) is 4.68 Å². The number of nitrogen functional groups attached to an aromatic ring is 1. The van der Waals surface area contributed by atoms with Gasteiger partial charge in [-0.2, -0.15) is 5.10 Å². The Hall–Kier alpha value is -1.04. The molecule has 2 heterocycles. The zero-order valence-corrected chi connectivity index (χ0v) is 10.4. The first-order chi connectivity index (χ1) is 7.39. The van der Waals surface area contributed by atoms with Crippen molar-refractivity contribution in [2.75, 3.05) is 17.2 Å². The molecule has 1 aliphatic rings. The minimum absolute atomic E-state index is 0.0856. The zero-order valence-electron chi connectivity index (χ0n) is 9.55. The molecule has 0 aromatic carbocycles. The van der Waals surface area contributed by atoms with Gasteiger partial charge >= 0.3 is 0 Å². The number of hydrogen-bond acceptors (Lipinski definition) is 4. The van der Waals surface area contributed by atoms with Crippen molar-refractivity contribution in [3.8, 4) is 0 Å². The topological polar surface area (TPSA) is 78.0 Å². The first kappa shape index (κ1) is 11.4. The van der Waals surface area contributed by atoms with Crippen LogP contribution in [0.5, 0.6) is 0 Å². The Morgan fingerprint density at radius 1 is 1.56 bits per heavy atom. The van der Waals surface area contributed by atoms with Crippen molar-refractivity contribution in [3.63, 3.8) is 0 Å². The number of anilines is 1. The number of nitrogens with zero attached hydrogens (tertiary/aromatic N) is 2. The Kier molecular flexibility index (Phi) is 2.69. The van der Waals surface area contributed by atoms with Crippen LogP contribution >= 0.6 is 0 Å². The van der Waals surface area contributed by atoms with Crippen molar-refractivity contribution >= 4 is 15.7 Å². The van der Waals surface area contributed by atoms with E-state index in [9.17, 15) is 8.42 Å². The van der Waals surface area contributed by atoms with Crippen molar-refractivity contribution in [1.29, 1.82) is 0 Å². The summed E-state index contributed by atoms with van der Waals surface area (Å²) in [5.41, 5.74) is 6.77. The van der Waals surface area contributed by atoms with Crippen LogP contribution < -0.4 is 5.73 Å². The van der Waals surface area contributed by atoms with Crippen LogP contribution in [0.4, 0.5) is 5.82 Å². The molecule has 5 nitrogen and oxygen atoms in total. The molecule has 1 saturated heterocycles. The van der Waals surface area contributed by atoms with Crippen LogP contribution in [0, 0.1) is 0 Å². The van der Waals surface area contributed by atoms with Gasteiger partial charge < -0.3 is 5.73 Å². The molecule has 1 atom stereocenters. The minimum Gasteiger partial charge on any atom is -0.384 e. The molecule has 16 heavy (non-hydrogen) atoms. The molecule has 0 amide bonds. The Labute approximate surface area is 95.6 Å². The fourth-order valence-electron chi connectivity index (χ4n) is 1.97. The fourth-order valence-corrected chi connectivity index (χ4v) is 3.66. The molecule has 1 unspecified atom stereocenters. The molecular weight excluding hydrogens is 226 g/mol. The minimum atomic E-state index is -2.89. The van der Waals surface area contributed by atoms with Gasteiger partial charge in [0.1, 0.15) is 5.82 Å². The smallest absolute Gasteiger partial charge is 0.152 e. The Morgan fingerprint density at radius 2 is 2.25 bits per heavy atom. The van der Waals surface area contributed by atoms with E-state index in [1.807, 2.05) is 19.9 Å². The second-order valence-corrected chi connectivity index (χ2v) is 6.88. The van der Waals surface area contributed by atoms with Crippen LogP contribution in [-0.4, -0.2) is 29.7 Å². The number of sulfone groups is 1. The number of aromatic nitrogens is 2. The van der Waals surface area contributed by atoms with E-state index in [0.717, 1.165) is 5.69 Å². The van der Waals surface area contributed by atoms with Crippen molar-refractivity contribution in [2.24, 2.45) is 0 Å². The summed E-state index contributed by atoms with van der Waals surface area (Å²) >= 11 is 0. The van der Waals surface area contributed by atoms with E-state index in [2.05, 4.69) is 5.10 Å². The summed E-state index contributed by atoms with van der Waals surface area (Å²) in [6, 6.07) is 1.74. The predicted molar refractivity (Wildman–Crippen MR) is 63.0 cm³/mol. The first-order valence-electron chi connectivity index (χ1n) is 5.44. The Morgan fingerprint density at radius 3 is 2.69 bits per heavy atom. The molecule has 90 valence electrons. The van der Waals surface area contributed by atoms with E-state index < -0.39 is 9.84 Å². The highest BCUT2D eigenvalue weighted by molar-refractivity contribution is 7.91. The maximum absolute atomic E-state index is 11.4. The third kappa shape index (κ3) is 2.07. The molecule has 1 aromatic heterocycles. The van der Waals surface area contributed by atoms with Crippen LogP contribution in [0.1, 0.15) is 37.9 Å². The summed E-state index contributed by atoms with van der Waals surface area (Å²) in [7, 11) is -2.89. The van der Waals surface area contributed by atoms with Gasteiger partial charge in [-0.1, -0.05) is 13.8 Å². The maximum atomic E-state index is 11.4. The quantitative estimate of drug-likeness (QED) is 0.838. The molecule has 0 spiro atoms. The van der Waals surface area contributed by atoms with E-state index in [-0.39, 0.29) is 17.5 Å². The molecule has 0 aliphatic carbocycles. The summed E-state index contributed by atoms with van der Waals surface area (Å²) < 4.78 is 24.4. The van der Waals surface area contributed by atoms with Crippen LogP contribution in [0.2, 0.25) is 0 Å². The van der Waals surface area contributed by atoms with Gasteiger partial charge in [-0.25, -0.2) is 13.1 Å². The molecule has 0 radical (unpaired) electrons. The molecule has 6 heteroatoms. The van der Waals surface area contributed by atoms with E-state index >= 15 is 0 Å². The Balaban J connectivity index is 2.28. The fraction of sp³-hybridized carbons (Fsp3) is 0.700. The zero-order chi connectivity index (χ0) is 11.9. The summed E-state index contributed by atoms with van der Waals surface area (Å²) in [5, 5.41) is 4.38. The lowest BCUT2D eigenvalue weighted by atomic mass is 10.1. The Bertz CT molecular complexity index is 490. The molecule has 1 fully saturated rings. The molecular formula is C10H17N3O2S. The monoisotopic (exact) mass is 243 g/mol. The van der Waals surface area contributed by atoms with Crippen LogP contribution in [0.15, 0.2) is 6.07 Å². The van der Waals surface area contributed by atoms with Gasteiger partial charge in [-0.15, -0.1) is 0 Å². The summed E-state index contributed by atoms with van der Waals surface area (Å²) in [4.78, 5) is 0. The summed E-state index contributed by atoms with van der Waals surface area (Å²) in [6.45, 7) is 4.08. The second kappa shape index (κ2) is 3.76. The van der Waals surface area contributed by atoms with E-state index in [4.69, 9.17) is 5.73 Å². The van der Waals surface area contributed by atoms with Gasteiger partial charge in [0.05, 0.1) is 23.2 Å². The average molecular weight is 243 g/mol. The van der Waals surface area contributed by atoms with Gasteiger partial charge in [0.25, 0.3) is 0 Å². The van der Waals surface area contributed by atoms with Crippen molar-refractivity contribution in [2.45, 2.75) is 32.2 Å². The lowest BCUT2D eigenvalue weighted by Gasteiger charge is -2.10. The van der Waals surface area contributed by atoms with Crippen molar-refractivity contribution in [3.05, 3.63) is 11.8 Å². The third-order valence-corrected chi connectivity index (χ3v) is 4.68. The van der Waals surface area contributed by atoms with Gasteiger partial charge in [0.2, 0.25) is 0 Å². The van der Waals surface area contributed by atoms with Crippen LogP contribution in [0.3, 0.4) is 0 Å². The lowest BCUT2D eigenvalue weighted by Crippen LogP contribution is -2.14. The lowest BCUT2D eigenvalue weighted by molar-refractivity contribution is 0.499. The van der Waals surface area contributed by atoms with Crippen molar-refractivity contribution < 1.29 is 8.42 Å². The van der Waals surface area contributed by atoms with E-state index in [1.165, 1.54) is 0 Å². The van der Waals surface area contributed by atoms with Gasteiger partial charge in [0, 0.05) is 6.07 Å². The maximum Gasteiger partial charge on any atom is 0.152 e.